The molecule has 0 fully saturated rings. The highest BCUT2D eigenvalue weighted by atomic mass is 32.2. The van der Waals surface area contributed by atoms with Gasteiger partial charge in [-0.05, 0) is 54.7 Å². The highest BCUT2D eigenvalue weighted by Crippen LogP contribution is 2.40. The maximum absolute atomic E-state index is 13.1. The molecular formula is C20H17N3O2S2. The topological polar surface area (TPSA) is 72.0 Å². The van der Waals surface area contributed by atoms with E-state index in [1.807, 2.05) is 30.3 Å². The molecule has 27 heavy (non-hydrogen) atoms. The molecule has 0 amide bonds. The van der Waals surface area contributed by atoms with E-state index in [1.165, 1.54) is 10.4 Å². The van der Waals surface area contributed by atoms with Gasteiger partial charge in [0.1, 0.15) is 10.7 Å². The van der Waals surface area contributed by atoms with Crippen molar-refractivity contribution < 1.29 is 8.42 Å². The zero-order valence-corrected chi connectivity index (χ0v) is 16.3. The molecule has 0 spiro atoms. The first-order chi connectivity index (χ1) is 13.0. The summed E-state index contributed by atoms with van der Waals surface area (Å²) in [5, 5.41) is 2.76. The van der Waals surface area contributed by atoms with Crippen molar-refractivity contribution in [1.29, 1.82) is 0 Å². The molecule has 1 aliphatic carbocycles. The number of aryl methyl sites for hydroxylation is 3. The van der Waals surface area contributed by atoms with Gasteiger partial charge in [-0.25, -0.2) is 18.4 Å². The Hall–Kier alpha value is -2.51. The molecule has 5 rings (SSSR count). The van der Waals surface area contributed by atoms with Crippen LogP contribution in [0.4, 0.5) is 5.82 Å². The van der Waals surface area contributed by atoms with E-state index in [0.717, 1.165) is 40.3 Å². The van der Waals surface area contributed by atoms with Gasteiger partial charge in [0.25, 0.3) is 10.0 Å². The number of anilines is 1. The third-order valence-corrected chi connectivity index (χ3v) is 7.46. The lowest BCUT2D eigenvalue weighted by Crippen LogP contribution is -2.15. The SMILES string of the molecule is Cc1nc(NS(=O)(=O)c2ccc3ccccc3c2)c2c3c(sc2n1)CCC3. The number of fused-ring (bicyclic) bond motifs is 4. The molecule has 1 aliphatic rings. The third kappa shape index (κ3) is 2.78. The molecule has 2 aromatic carbocycles. The minimum absolute atomic E-state index is 0.234. The van der Waals surface area contributed by atoms with E-state index in [9.17, 15) is 8.42 Å². The highest BCUT2D eigenvalue weighted by Gasteiger charge is 2.24. The van der Waals surface area contributed by atoms with Crippen molar-refractivity contribution >= 4 is 48.2 Å². The van der Waals surface area contributed by atoms with Gasteiger partial charge in [-0.1, -0.05) is 30.3 Å². The number of benzene rings is 2. The van der Waals surface area contributed by atoms with Gasteiger partial charge in [0.05, 0.1) is 10.3 Å². The lowest BCUT2D eigenvalue weighted by Gasteiger charge is -2.11. The van der Waals surface area contributed by atoms with Crippen LogP contribution in [0.15, 0.2) is 47.4 Å². The first-order valence-corrected chi connectivity index (χ1v) is 11.1. The second kappa shape index (κ2) is 6.00. The number of rotatable bonds is 3. The van der Waals surface area contributed by atoms with Crippen LogP contribution in [0.2, 0.25) is 0 Å². The van der Waals surface area contributed by atoms with E-state index in [1.54, 1.807) is 30.4 Å². The number of aromatic nitrogens is 2. The largest absolute Gasteiger partial charge is 0.263 e. The second-order valence-electron chi connectivity index (χ2n) is 6.77. The second-order valence-corrected chi connectivity index (χ2v) is 9.54. The summed E-state index contributed by atoms with van der Waals surface area (Å²) < 4.78 is 28.8. The lowest BCUT2D eigenvalue weighted by atomic mass is 10.1. The predicted molar refractivity (Wildman–Crippen MR) is 109 cm³/mol. The summed E-state index contributed by atoms with van der Waals surface area (Å²) in [6.07, 6.45) is 3.08. The van der Waals surface area contributed by atoms with E-state index < -0.39 is 10.0 Å². The first kappa shape index (κ1) is 16.6. The van der Waals surface area contributed by atoms with Gasteiger partial charge in [0.15, 0.2) is 5.82 Å². The first-order valence-electron chi connectivity index (χ1n) is 8.82. The van der Waals surface area contributed by atoms with Crippen molar-refractivity contribution in [3.8, 4) is 0 Å². The number of nitrogens with one attached hydrogen (secondary N) is 1. The maximum atomic E-state index is 13.1. The number of nitrogens with zero attached hydrogens (tertiary/aromatic N) is 2. The van der Waals surface area contributed by atoms with Crippen LogP contribution in [0.5, 0.6) is 0 Å². The molecule has 0 atom stereocenters. The number of hydrogen-bond donors (Lipinski definition) is 1. The molecule has 136 valence electrons. The Balaban J connectivity index is 1.63. The van der Waals surface area contributed by atoms with E-state index in [-0.39, 0.29) is 4.90 Å². The molecule has 0 bridgehead atoms. The zero-order chi connectivity index (χ0) is 18.6. The van der Waals surface area contributed by atoms with Crippen LogP contribution in [-0.4, -0.2) is 18.4 Å². The Morgan fingerprint density at radius 3 is 2.70 bits per heavy atom. The normalized spacial score (nSPS) is 14.0. The Morgan fingerprint density at radius 2 is 1.85 bits per heavy atom. The van der Waals surface area contributed by atoms with Crippen molar-refractivity contribution in [2.24, 2.45) is 0 Å². The van der Waals surface area contributed by atoms with Gasteiger partial charge in [-0.2, -0.15) is 0 Å². The average Bonchev–Trinajstić information content (AvgIpc) is 3.21. The van der Waals surface area contributed by atoms with Crippen LogP contribution < -0.4 is 4.72 Å². The quantitative estimate of drug-likeness (QED) is 0.556. The fourth-order valence-corrected chi connectivity index (χ4v) is 6.05. The van der Waals surface area contributed by atoms with E-state index in [0.29, 0.717) is 11.6 Å². The molecule has 0 radical (unpaired) electrons. The maximum Gasteiger partial charge on any atom is 0.263 e. The van der Waals surface area contributed by atoms with Gasteiger partial charge in [-0.15, -0.1) is 11.3 Å². The van der Waals surface area contributed by atoms with Gasteiger partial charge in [-0.3, -0.25) is 4.72 Å². The molecule has 2 heterocycles. The standard InChI is InChI=1S/C20H17N3O2S2/c1-12-21-19(18-16-7-4-8-17(16)26-20(18)22-12)23-27(24,25)15-10-9-13-5-2-3-6-14(13)11-15/h2-3,5-6,9-11H,4,7-8H2,1H3,(H,21,22,23). The van der Waals surface area contributed by atoms with Gasteiger partial charge in [0, 0.05) is 4.88 Å². The fraction of sp³-hybridized carbons (Fsp3) is 0.200. The van der Waals surface area contributed by atoms with Crippen molar-refractivity contribution in [3.63, 3.8) is 0 Å². The minimum atomic E-state index is -3.74. The van der Waals surface area contributed by atoms with Crippen LogP contribution >= 0.6 is 11.3 Å². The molecule has 0 aliphatic heterocycles. The number of hydrogen-bond acceptors (Lipinski definition) is 5. The molecule has 2 aromatic heterocycles. The van der Waals surface area contributed by atoms with Crippen molar-refractivity contribution in [1.82, 2.24) is 9.97 Å². The zero-order valence-electron chi connectivity index (χ0n) is 14.7. The van der Waals surface area contributed by atoms with E-state index in [4.69, 9.17) is 0 Å². The highest BCUT2D eigenvalue weighted by molar-refractivity contribution is 7.92. The summed E-state index contributed by atoms with van der Waals surface area (Å²) in [5.41, 5.74) is 1.20. The van der Waals surface area contributed by atoms with Crippen molar-refractivity contribution in [2.45, 2.75) is 31.1 Å². The molecular weight excluding hydrogens is 378 g/mol. The molecule has 1 N–H and O–H groups in total. The van der Waals surface area contributed by atoms with Crippen LogP contribution in [0.3, 0.4) is 0 Å². The van der Waals surface area contributed by atoms with Crippen molar-refractivity contribution in [3.05, 3.63) is 58.7 Å². The molecule has 5 nitrogen and oxygen atoms in total. The summed E-state index contributed by atoms with van der Waals surface area (Å²) in [5.74, 6) is 0.962. The third-order valence-electron chi connectivity index (χ3n) is 4.94. The number of thiophene rings is 1. The molecule has 0 unspecified atom stereocenters. The van der Waals surface area contributed by atoms with Gasteiger partial charge >= 0.3 is 0 Å². The number of sulfonamides is 1. The minimum Gasteiger partial charge on any atom is -0.263 e. The Labute approximate surface area is 161 Å². The smallest absolute Gasteiger partial charge is 0.263 e. The Bertz CT molecular complexity index is 1310. The van der Waals surface area contributed by atoms with E-state index in [2.05, 4.69) is 14.7 Å². The average molecular weight is 396 g/mol. The monoisotopic (exact) mass is 395 g/mol. The summed E-state index contributed by atoms with van der Waals surface area (Å²) in [6, 6.07) is 12.9. The molecule has 0 saturated carbocycles. The summed E-state index contributed by atoms with van der Waals surface area (Å²) >= 11 is 1.65. The van der Waals surface area contributed by atoms with Crippen LogP contribution in [-0.2, 0) is 22.9 Å². The predicted octanol–water partition coefficient (Wildman–Crippen LogP) is 4.44. The van der Waals surface area contributed by atoms with Crippen LogP contribution in [0.25, 0.3) is 21.0 Å². The van der Waals surface area contributed by atoms with Crippen LogP contribution in [0, 0.1) is 6.92 Å². The van der Waals surface area contributed by atoms with Gasteiger partial charge in [0.2, 0.25) is 0 Å². The van der Waals surface area contributed by atoms with E-state index >= 15 is 0 Å². The fourth-order valence-electron chi connectivity index (χ4n) is 3.70. The molecule has 7 heteroatoms. The summed E-state index contributed by atoms with van der Waals surface area (Å²) in [7, 11) is -3.74. The van der Waals surface area contributed by atoms with Crippen LogP contribution in [0.1, 0.15) is 22.7 Å². The Morgan fingerprint density at radius 1 is 1.04 bits per heavy atom. The summed E-state index contributed by atoms with van der Waals surface area (Å²) in [4.78, 5) is 11.3. The summed E-state index contributed by atoms with van der Waals surface area (Å²) in [6.45, 7) is 1.79. The molecule has 4 aromatic rings. The lowest BCUT2D eigenvalue weighted by molar-refractivity contribution is 0.601. The van der Waals surface area contributed by atoms with Crippen molar-refractivity contribution in [2.75, 3.05) is 4.72 Å². The Kier molecular flexibility index (Phi) is 3.70. The van der Waals surface area contributed by atoms with Gasteiger partial charge < -0.3 is 0 Å². The molecule has 0 saturated heterocycles.